The molecule has 2 heterocycles. The summed E-state index contributed by atoms with van der Waals surface area (Å²) >= 11 is 0. The number of benzene rings is 3. The van der Waals surface area contributed by atoms with Crippen LogP contribution in [-0.4, -0.2) is 35.7 Å². The smallest absolute Gasteiger partial charge is 0.260 e. The summed E-state index contributed by atoms with van der Waals surface area (Å²) in [7, 11) is 0. The van der Waals surface area contributed by atoms with Gasteiger partial charge in [0.1, 0.15) is 6.17 Å². The standard InChI is InChI=1S/C27H25N3O3/c31-24(28-17-16-19-9-2-1-3-10-19)15-8-18-29-25-20-11-4-5-12-21(20)27(33)30(25)23-14-7-6-13-22(23)26(29)32/h1-7,9-14,25H,8,15-18H2,(H,28,31). The minimum Gasteiger partial charge on any atom is -0.356 e. The van der Waals surface area contributed by atoms with Crippen LogP contribution in [0.2, 0.25) is 0 Å². The molecule has 166 valence electrons. The van der Waals surface area contributed by atoms with E-state index in [-0.39, 0.29) is 17.7 Å². The van der Waals surface area contributed by atoms with Crippen molar-refractivity contribution >= 4 is 23.4 Å². The van der Waals surface area contributed by atoms with Crippen LogP contribution < -0.4 is 10.2 Å². The molecular weight excluding hydrogens is 414 g/mol. The number of carbonyl (C=O) groups excluding carboxylic acids is 3. The second-order valence-corrected chi connectivity index (χ2v) is 8.34. The lowest BCUT2D eigenvalue weighted by Crippen LogP contribution is -2.48. The van der Waals surface area contributed by atoms with Gasteiger partial charge in [-0.1, -0.05) is 60.7 Å². The summed E-state index contributed by atoms with van der Waals surface area (Å²) in [5.41, 5.74) is 3.79. The Bertz CT molecular complexity index is 1210. The van der Waals surface area contributed by atoms with E-state index in [9.17, 15) is 14.4 Å². The van der Waals surface area contributed by atoms with Crippen LogP contribution >= 0.6 is 0 Å². The lowest BCUT2D eigenvalue weighted by molar-refractivity contribution is -0.121. The molecular formula is C27H25N3O3. The van der Waals surface area contributed by atoms with Crippen molar-refractivity contribution in [3.05, 3.63) is 101 Å². The second-order valence-electron chi connectivity index (χ2n) is 8.34. The van der Waals surface area contributed by atoms with Gasteiger partial charge in [0.15, 0.2) is 0 Å². The van der Waals surface area contributed by atoms with Crippen molar-refractivity contribution in [1.29, 1.82) is 0 Å². The predicted octanol–water partition coefficient (Wildman–Crippen LogP) is 3.94. The van der Waals surface area contributed by atoms with Crippen LogP contribution in [0.25, 0.3) is 0 Å². The molecule has 2 aliphatic rings. The Hall–Kier alpha value is -3.93. The summed E-state index contributed by atoms with van der Waals surface area (Å²) in [5.74, 6) is -0.240. The quantitative estimate of drug-likeness (QED) is 0.606. The van der Waals surface area contributed by atoms with E-state index in [4.69, 9.17) is 0 Å². The number of hydrogen-bond donors (Lipinski definition) is 1. The van der Waals surface area contributed by atoms with Gasteiger partial charge >= 0.3 is 0 Å². The minimum absolute atomic E-state index is 0.0319. The molecule has 3 aromatic rings. The van der Waals surface area contributed by atoms with Crippen molar-refractivity contribution in [2.75, 3.05) is 18.0 Å². The SMILES string of the molecule is O=C(CCCN1C(=O)c2ccccc2N2C(=O)c3ccccc3C12)NCCc1ccccc1. The molecule has 0 bridgehead atoms. The normalized spacial score (nSPS) is 16.3. The highest BCUT2D eigenvalue weighted by molar-refractivity contribution is 6.16. The molecule has 0 aromatic heterocycles. The van der Waals surface area contributed by atoms with Gasteiger partial charge in [-0.3, -0.25) is 19.3 Å². The van der Waals surface area contributed by atoms with Gasteiger partial charge < -0.3 is 10.2 Å². The molecule has 0 spiro atoms. The van der Waals surface area contributed by atoms with Crippen LogP contribution in [0.15, 0.2) is 78.9 Å². The Kier molecular flexibility index (Phi) is 5.65. The number of nitrogens with zero attached hydrogens (tertiary/aromatic N) is 2. The zero-order valence-electron chi connectivity index (χ0n) is 18.2. The van der Waals surface area contributed by atoms with E-state index in [2.05, 4.69) is 5.32 Å². The molecule has 33 heavy (non-hydrogen) atoms. The number of para-hydroxylation sites is 1. The number of rotatable bonds is 7. The molecule has 0 aliphatic carbocycles. The van der Waals surface area contributed by atoms with E-state index in [1.54, 1.807) is 21.9 Å². The molecule has 6 nitrogen and oxygen atoms in total. The highest BCUT2D eigenvalue weighted by Crippen LogP contribution is 2.45. The zero-order chi connectivity index (χ0) is 22.8. The number of hydrogen-bond acceptors (Lipinski definition) is 3. The van der Waals surface area contributed by atoms with Crippen LogP contribution in [-0.2, 0) is 11.2 Å². The summed E-state index contributed by atoms with van der Waals surface area (Å²) in [6.07, 6.45) is 1.15. The third-order valence-corrected chi connectivity index (χ3v) is 6.26. The summed E-state index contributed by atoms with van der Waals surface area (Å²) in [5, 5.41) is 2.96. The van der Waals surface area contributed by atoms with Crippen molar-refractivity contribution in [3.8, 4) is 0 Å². The maximum Gasteiger partial charge on any atom is 0.260 e. The van der Waals surface area contributed by atoms with Crippen molar-refractivity contribution in [2.24, 2.45) is 0 Å². The highest BCUT2D eigenvalue weighted by atomic mass is 16.2. The number of fused-ring (bicyclic) bond motifs is 5. The Morgan fingerprint density at radius 1 is 0.818 bits per heavy atom. The van der Waals surface area contributed by atoms with Crippen LogP contribution in [0.4, 0.5) is 5.69 Å². The van der Waals surface area contributed by atoms with Gasteiger partial charge in [0.25, 0.3) is 11.8 Å². The number of carbonyl (C=O) groups is 3. The first-order chi connectivity index (χ1) is 16.1. The van der Waals surface area contributed by atoms with E-state index in [0.29, 0.717) is 42.7 Å². The third kappa shape index (κ3) is 3.89. The van der Waals surface area contributed by atoms with Crippen molar-refractivity contribution in [2.45, 2.75) is 25.4 Å². The molecule has 0 saturated heterocycles. The van der Waals surface area contributed by atoms with Crippen molar-refractivity contribution in [3.63, 3.8) is 0 Å². The minimum atomic E-state index is -0.475. The fraction of sp³-hybridized carbons (Fsp3) is 0.222. The fourth-order valence-corrected chi connectivity index (χ4v) is 4.69. The van der Waals surface area contributed by atoms with E-state index in [1.807, 2.05) is 66.7 Å². The molecule has 6 heteroatoms. The summed E-state index contributed by atoms with van der Waals surface area (Å²) in [6, 6.07) is 24.7. The van der Waals surface area contributed by atoms with Gasteiger partial charge in [0, 0.05) is 30.6 Å². The summed E-state index contributed by atoms with van der Waals surface area (Å²) in [4.78, 5) is 42.3. The maximum atomic E-state index is 13.4. The molecule has 3 amide bonds. The van der Waals surface area contributed by atoms with Crippen molar-refractivity contribution in [1.82, 2.24) is 10.2 Å². The van der Waals surface area contributed by atoms with E-state index >= 15 is 0 Å². The Morgan fingerprint density at radius 3 is 2.33 bits per heavy atom. The topological polar surface area (TPSA) is 69.7 Å². The first-order valence-electron chi connectivity index (χ1n) is 11.3. The van der Waals surface area contributed by atoms with Crippen LogP contribution in [0.3, 0.4) is 0 Å². The highest BCUT2D eigenvalue weighted by Gasteiger charge is 2.47. The van der Waals surface area contributed by atoms with E-state index < -0.39 is 6.17 Å². The van der Waals surface area contributed by atoms with Crippen LogP contribution in [0.5, 0.6) is 0 Å². The van der Waals surface area contributed by atoms with Gasteiger partial charge in [-0.05, 0) is 36.6 Å². The summed E-state index contributed by atoms with van der Waals surface area (Å²) in [6.45, 7) is 0.971. The molecule has 2 aliphatic heterocycles. The molecule has 0 saturated carbocycles. The lowest BCUT2D eigenvalue weighted by atomic mass is 10.0. The zero-order valence-corrected chi connectivity index (χ0v) is 18.2. The molecule has 1 N–H and O–H groups in total. The molecule has 0 radical (unpaired) electrons. The Balaban J connectivity index is 1.27. The van der Waals surface area contributed by atoms with Crippen LogP contribution in [0.1, 0.15) is 50.9 Å². The largest absolute Gasteiger partial charge is 0.356 e. The lowest BCUT2D eigenvalue weighted by Gasteiger charge is -2.41. The third-order valence-electron chi connectivity index (χ3n) is 6.26. The molecule has 3 aromatic carbocycles. The van der Waals surface area contributed by atoms with Crippen molar-refractivity contribution < 1.29 is 14.4 Å². The first-order valence-corrected chi connectivity index (χ1v) is 11.3. The molecule has 1 unspecified atom stereocenters. The monoisotopic (exact) mass is 439 g/mol. The molecule has 1 atom stereocenters. The van der Waals surface area contributed by atoms with Gasteiger partial charge in [-0.15, -0.1) is 0 Å². The molecule has 0 fully saturated rings. The fourth-order valence-electron chi connectivity index (χ4n) is 4.69. The predicted molar refractivity (Wildman–Crippen MR) is 126 cm³/mol. The van der Waals surface area contributed by atoms with Gasteiger partial charge in [-0.2, -0.15) is 0 Å². The van der Waals surface area contributed by atoms with E-state index in [0.717, 1.165) is 12.0 Å². The van der Waals surface area contributed by atoms with Gasteiger partial charge in [0.05, 0.1) is 11.3 Å². The van der Waals surface area contributed by atoms with E-state index in [1.165, 1.54) is 5.56 Å². The Labute approximate surface area is 192 Å². The molecule has 5 rings (SSSR count). The first kappa shape index (κ1) is 20.9. The average Bonchev–Trinajstić information content (AvgIpc) is 3.14. The van der Waals surface area contributed by atoms with Crippen LogP contribution in [0, 0.1) is 0 Å². The number of anilines is 1. The number of amides is 3. The maximum absolute atomic E-state index is 13.4. The summed E-state index contributed by atoms with van der Waals surface area (Å²) < 4.78 is 0. The second kappa shape index (κ2) is 8.90. The van der Waals surface area contributed by atoms with Gasteiger partial charge in [-0.25, -0.2) is 0 Å². The Morgan fingerprint density at radius 2 is 1.52 bits per heavy atom. The average molecular weight is 440 g/mol. The van der Waals surface area contributed by atoms with Gasteiger partial charge in [0.2, 0.25) is 5.91 Å². The number of nitrogens with one attached hydrogen (secondary N) is 1.